The van der Waals surface area contributed by atoms with Crippen LogP contribution in [0.3, 0.4) is 0 Å². The Labute approximate surface area is 216 Å². The van der Waals surface area contributed by atoms with Gasteiger partial charge < -0.3 is 20.8 Å². The number of hydrogen-bond donors (Lipinski definition) is 2. The quantitative estimate of drug-likeness (QED) is 0.341. The molecule has 0 heterocycles. The van der Waals surface area contributed by atoms with Crippen LogP contribution >= 0.6 is 0 Å². The predicted octanol–water partition coefficient (Wildman–Crippen LogP) is 1.26. The van der Waals surface area contributed by atoms with Gasteiger partial charge in [0.25, 0.3) is 0 Å². The summed E-state index contributed by atoms with van der Waals surface area (Å²) >= 11 is 0. The van der Waals surface area contributed by atoms with E-state index in [0.29, 0.717) is 0 Å². The van der Waals surface area contributed by atoms with E-state index < -0.39 is 0 Å². The van der Waals surface area contributed by atoms with E-state index in [4.69, 9.17) is 0 Å². The van der Waals surface area contributed by atoms with Crippen LogP contribution in [0.1, 0.15) is 12.8 Å². The van der Waals surface area contributed by atoms with Gasteiger partial charge in [-0.05, 0) is 152 Å². The summed E-state index contributed by atoms with van der Waals surface area (Å²) in [5, 5.41) is 28.6. The summed E-state index contributed by atoms with van der Waals surface area (Å²) in [7, 11) is 0. The van der Waals surface area contributed by atoms with Crippen molar-refractivity contribution in [1.82, 2.24) is 10.6 Å². The van der Waals surface area contributed by atoms with Gasteiger partial charge in [0, 0.05) is 13.1 Å². The first-order chi connectivity index (χ1) is 15.8. The fraction of sp³-hybridized carbons (Fsp3) is 0.286. The molecule has 0 aromatic carbocycles. The molecule has 0 saturated heterocycles. The molecule has 0 aromatic rings. The Kier molecular flexibility index (Phi) is 20.6. The Morgan fingerprint density at radius 2 is 0.727 bits per heavy atom. The molecular formula is C28H34FeN2O2. The minimum absolute atomic E-state index is 0. The van der Waals surface area contributed by atoms with E-state index in [1.165, 1.54) is 0 Å². The predicted molar refractivity (Wildman–Crippen MR) is 126 cm³/mol. The molecule has 176 valence electrons. The van der Waals surface area contributed by atoms with Gasteiger partial charge in [0.2, 0.25) is 0 Å². The second kappa shape index (κ2) is 21.6. The monoisotopic (exact) mass is 486 g/mol. The summed E-state index contributed by atoms with van der Waals surface area (Å²) in [4.78, 5) is 0. The minimum Gasteiger partial charge on any atom is -0.854 e. The topological polar surface area (TPSA) is 70.2 Å². The van der Waals surface area contributed by atoms with Crippen LogP contribution in [0, 0.1) is 126 Å². The summed E-state index contributed by atoms with van der Waals surface area (Å²) in [5.41, 5.74) is 0. The average Bonchev–Trinajstić information content (AvgIpc) is 3.65. The van der Waals surface area contributed by atoms with Crippen LogP contribution in [0.15, 0.2) is 0 Å². The van der Waals surface area contributed by atoms with E-state index in [2.05, 4.69) is 10.6 Å². The molecule has 33 heavy (non-hydrogen) atoms. The summed E-state index contributed by atoms with van der Waals surface area (Å²) in [5.74, 6) is 4.17. The van der Waals surface area contributed by atoms with E-state index in [1.54, 1.807) is 0 Å². The van der Waals surface area contributed by atoms with Crippen molar-refractivity contribution in [3.05, 3.63) is 126 Å². The van der Waals surface area contributed by atoms with Crippen LogP contribution in [-0.2, 0) is 17.1 Å². The van der Waals surface area contributed by atoms with E-state index in [0.717, 1.165) is 62.7 Å². The Hall–Kier alpha value is 0.359. The Morgan fingerprint density at radius 3 is 1.03 bits per heavy atom. The first-order valence-corrected chi connectivity index (χ1v) is 11.2. The van der Waals surface area contributed by atoms with Gasteiger partial charge >= 0.3 is 17.1 Å². The molecule has 0 bridgehead atoms. The van der Waals surface area contributed by atoms with Crippen LogP contribution in [0.5, 0.6) is 0 Å². The van der Waals surface area contributed by atoms with Crippen LogP contribution in [-0.4, -0.2) is 39.4 Å². The molecule has 0 aliphatic heterocycles. The largest absolute Gasteiger partial charge is 2.00 e. The molecule has 0 aromatic heterocycles. The van der Waals surface area contributed by atoms with Crippen molar-refractivity contribution in [2.45, 2.75) is 12.8 Å². The summed E-state index contributed by atoms with van der Waals surface area (Å²) in [6.45, 7) is 3.34. The third-order valence-corrected chi connectivity index (χ3v) is 5.06. The fourth-order valence-electron chi connectivity index (χ4n) is 3.27. The van der Waals surface area contributed by atoms with Gasteiger partial charge in [-0.3, -0.25) is 0 Å². The van der Waals surface area contributed by atoms with Crippen molar-refractivity contribution in [3.63, 3.8) is 0 Å². The van der Waals surface area contributed by atoms with Gasteiger partial charge in [0.1, 0.15) is 0 Å². The Bertz CT molecular complexity index is 365. The van der Waals surface area contributed by atoms with Gasteiger partial charge in [0.15, 0.2) is 0 Å². The van der Waals surface area contributed by atoms with Gasteiger partial charge in [0.05, 0.1) is 0 Å². The molecule has 20 radical (unpaired) electrons. The van der Waals surface area contributed by atoms with E-state index >= 15 is 0 Å². The van der Waals surface area contributed by atoms with Crippen molar-refractivity contribution < 1.29 is 27.3 Å². The molecular weight excluding hydrogens is 452 g/mol. The molecule has 0 atom stereocenters. The second-order valence-electron chi connectivity index (χ2n) is 7.37. The SMILES string of the molecule is [CH]1[CH][CH][CH][CH]1.[CH]1[CH][CH][CH][CH]1.[Fe+2].[O-]C[C]1[CH][CH][CH][C]1CCNCCNCC[C]1[CH][CH][CH][C]1C[O-]. The van der Waals surface area contributed by atoms with Gasteiger partial charge in [-0.15, -0.1) is 13.2 Å². The first kappa shape index (κ1) is 31.4. The number of hydrogen-bond acceptors (Lipinski definition) is 4. The Balaban J connectivity index is 0.000000404. The third kappa shape index (κ3) is 14.5. The van der Waals surface area contributed by atoms with Gasteiger partial charge in [-0.25, -0.2) is 0 Å². The zero-order chi connectivity index (χ0) is 22.7. The maximum atomic E-state index is 10.9. The van der Waals surface area contributed by atoms with E-state index in [-0.39, 0.29) is 30.3 Å². The van der Waals surface area contributed by atoms with Gasteiger partial charge in [-0.1, -0.05) is 0 Å². The van der Waals surface area contributed by atoms with Crippen molar-refractivity contribution in [1.29, 1.82) is 0 Å². The van der Waals surface area contributed by atoms with Crippen LogP contribution < -0.4 is 20.8 Å². The second-order valence-corrected chi connectivity index (χ2v) is 7.37. The summed E-state index contributed by atoms with van der Waals surface area (Å²) in [6.07, 6.45) is 33.6. The molecule has 4 saturated carbocycles. The molecule has 0 spiro atoms. The Morgan fingerprint density at radius 1 is 0.424 bits per heavy atom. The molecule has 4 aliphatic rings. The van der Waals surface area contributed by atoms with Crippen molar-refractivity contribution in [3.8, 4) is 0 Å². The molecule has 0 unspecified atom stereocenters. The minimum atomic E-state index is -0.128. The zero-order valence-corrected chi connectivity index (χ0v) is 20.2. The normalized spacial score (nSPS) is 22.0. The van der Waals surface area contributed by atoms with E-state index in [9.17, 15) is 10.2 Å². The van der Waals surface area contributed by atoms with E-state index in [1.807, 2.05) is 103 Å². The smallest absolute Gasteiger partial charge is 0.854 e. The zero-order valence-electron chi connectivity index (χ0n) is 19.1. The van der Waals surface area contributed by atoms with Gasteiger partial charge in [-0.2, -0.15) is 0 Å². The number of rotatable bonds is 11. The van der Waals surface area contributed by atoms with Crippen LogP contribution in [0.25, 0.3) is 0 Å². The number of nitrogens with one attached hydrogen (secondary N) is 2. The van der Waals surface area contributed by atoms with Crippen molar-refractivity contribution >= 4 is 0 Å². The van der Waals surface area contributed by atoms with Crippen LogP contribution in [0.2, 0.25) is 0 Å². The van der Waals surface area contributed by atoms with Crippen molar-refractivity contribution in [2.75, 3.05) is 39.4 Å². The molecule has 4 rings (SSSR count). The third-order valence-electron chi connectivity index (χ3n) is 5.06. The molecule has 5 heteroatoms. The molecule has 4 nitrogen and oxygen atoms in total. The molecule has 0 amide bonds. The summed E-state index contributed by atoms with van der Waals surface area (Å²) in [6, 6.07) is 0. The standard InChI is InChI=1S/C18H24N2O2.2C5H5.Fe/c21-13-17-5-1-3-15(17)7-9-19-11-12-20-10-8-16-4-2-6-18(16)14-22;2*1-2-4-5-3-1;/h1-6,19-20H,7-14H2;2*1-5H;/q-2;;;+2. The molecule has 4 fully saturated rings. The first-order valence-electron chi connectivity index (χ1n) is 11.2. The average molecular weight is 486 g/mol. The van der Waals surface area contributed by atoms with Crippen molar-refractivity contribution in [2.24, 2.45) is 0 Å². The van der Waals surface area contributed by atoms with Crippen LogP contribution in [0.4, 0.5) is 0 Å². The molecule has 4 aliphatic carbocycles. The molecule has 2 N–H and O–H groups in total. The fourth-order valence-corrected chi connectivity index (χ4v) is 3.27. The maximum Gasteiger partial charge on any atom is 2.00 e. The maximum absolute atomic E-state index is 10.9. The summed E-state index contributed by atoms with van der Waals surface area (Å²) < 4.78 is 0.